The van der Waals surface area contributed by atoms with Crippen molar-refractivity contribution < 1.29 is 42.2 Å². The van der Waals surface area contributed by atoms with Crippen LogP contribution in [-0.2, 0) is 24.4 Å². The molecule has 0 spiro atoms. The average Bonchev–Trinajstić information content (AvgIpc) is 3.98. The first-order valence-corrected chi connectivity index (χ1v) is 19.4. The summed E-state index contributed by atoms with van der Waals surface area (Å²) in [5.41, 5.74) is -1.52. The Bertz CT molecular complexity index is 1860. The highest BCUT2D eigenvalue weighted by Gasteiger charge is 2.62. The first-order valence-electron chi connectivity index (χ1n) is 17.9. The van der Waals surface area contributed by atoms with E-state index in [0.717, 1.165) is 24.6 Å². The maximum Gasteiger partial charge on any atom is 0.405 e. The van der Waals surface area contributed by atoms with Crippen molar-refractivity contribution >= 4 is 44.6 Å². The van der Waals surface area contributed by atoms with Gasteiger partial charge in [-0.05, 0) is 69.3 Å². The van der Waals surface area contributed by atoms with Crippen LogP contribution in [0.3, 0.4) is 0 Å². The summed E-state index contributed by atoms with van der Waals surface area (Å²) in [4.78, 5) is 60.2. The van der Waals surface area contributed by atoms with Gasteiger partial charge in [-0.3, -0.25) is 19.1 Å². The molecule has 15 heteroatoms. The second kappa shape index (κ2) is 13.6. The molecular formula is C36H45N5O9S. The van der Waals surface area contributed by atoms with E-state index in [0.29, 0.717) is 42.7 Å². The number of aromatic nitrogens is 1. The number of ether oxygens (including phenoxy) is 2. The lowest BCUT2D eigenvalue weighted by molar-refractivity contribution is -0.142. The van der Waals surface area contributed by atoms with E-state index in [1.807, 2.05) is 50.3 Å². The van der Waals surface area contributed by atoms with Crippen LogP contribution in [0.2, 0.25) is 0 Å². The van der Waals surface area contributed by atoms with Gasteiger partial charge in [-0.1, -0.05) is 44.2 Å². The molecule has 7 atom stereocenters. The Morgan fingerprint density at radius 3 is 2.47 bits per heavy atom. The zero-order valence-electron chi connectivity index (χ0n) is 28.7. The van der Waals surface area contributed by atoms with Gasteiger partial charge in [-0.2, -0.15) is 0 Å². The second-order valence-electron chi connectivity index (χ2n) is 15.0. The van der Waals surface area contributed by atoms with E-state index in [1.165, 1.54) is 4.90 Å². The quantitative estimate of drug-likeness (QED) is 0.294. The SMILES string of the molecule is C[C@@H]1CCC=C[C@@H]2C[C@@]2(C(=O)NS(=O)(=O)C2CC2)NC(=O)[C@@H]2C[C@@H](Oc3ncc(OC4CC4)c4ccccc34)CN2C(=O)[C@@H](NC(=O)O)[C@H](C)C1. The molecule has 4 amide bonds. The Labute approximate surface area is 296 Å². The number of carboxylic acid groups (broad SMARTS) is 1. The van der Waals surface area contributed by atoms with E-state index in [1.54, 1.807) is 6.20 Å². The van der Waals surface area contributed by atoms with Crippen LogP contribution in [0, 0.1) is 17.8 Å². The molecule has 5 aliphatic rings. The summed E-state index contributed by atoms with van der Waals surface area (Å²) in [6.45, 7) is 3.80. The lowest BCUT2D eigenvalue weighted by Crippen LogP contribution is -2.59. The van der Waals surface area contributed by atoms with Crippen molar-refractivity contribution in [3.05, 3.63) is 42.6 Å². The zero-order chi connectivity index (χ0) is 36.1. The molecule has 14 nitrogen and oxygen atoms in total. The maximum atomic E-state index is 14.4. The number of rotatable bonds is 8. The summed E-state index contributed by atoms with van der Waals surface area (Å²) in [5, 5.41) is 15.9. The largest absolute Gasteiger partial charge is 0.488 e. The number of benzene rings is 1. The Hall–Kier alpha value is -4.40. The number of carbonyl (C=O) groups excluding carboxylic acids is 3. The molecular weight excluding hydrogens is 678 g/mol. The van der Waals surface area contributed by atoms with Crippen LogP contribution < -0.4 is 24.8 Å². The lowest BCUT2D eigenvalue weighted by Gasteiger charge is -2.32. The standard InChI is InChI=1S/C36H45N5O9S/c1-20-7-3-4-8-22-17-36(22,34(44)40-51(47,48)25-13-14-25)39-31(42)28-16-24(19-41(28)33(43)30(21(2)15-20)38-35(45)46)50-32-27-10-6-5-9-26(27)29(18-37-32)49-23-11-12-23/h4-6,8-10,18,20-25,28,30,38H,3,7,11-17,19H2,1-2H3,(H,39,42)(H,40,44)(H,45,46)/t20-,21-,22-,24-,28+,30+,36-/m1/s1. The number of nitrogens with zero attached hydrogens (tertiary/aromatic N) is 2. The zero-order valence-corrected chi connectivity index (χ0v) is 29.6. The highest BCUT2D eigenvalue weighted by Crippen LogP contribution is 2.46. The number of fused-ring (bicyclic) bond motifs is 3. The summed E-state index contributed by atoms with van der Waals surface area (Å²) < 4.78 is 40.3. The third kappa shape index (κ3) is 7.49. The fourth-order valence-corrected chi connectivity index (χ4v) is 8.85. The topological polar surface area (TPSA) is 193 Å². The third-order valence-corrected chi connectivity index (χ3v) is 12.5. The molecule has 7 rings (SSSR count). The molecule has 274 valence electrons. The lowest BCUT2D eigenvalue weighted by atomic mass is 9.88. The van der Waals surface area contributed by atoms with Gasteiger partial charge in [0.25, 0.3) is 5.91 Å². The number of allylic oxidation sites excluding steroid dienone is 1. The molecule has 51 heavy (non-hydrogen) atoms. The Kier molecular flexibility index (Phi) is 9.35. The molecule has 2 aromatic rings. The molecule has 4 fully saturated rings. The predicted octanol–water partition coefficient (Wildman–Crippen LogP) is 3.26. The number of amides is 4. The Morgan fingerprint density at radius 1 is 1.02 bits per heavy atom. The normalized spacial score (nSPS) is 31.4. The van der Waals surface area contributed by atoms with Gasteiger partial charge in [0, 0.05) is 23.1 Å². The van der Waals surface area contributed by atoms with Gasteiger partial charge in [0.15, 0.2) is 0 Å². The maximum absolute atomic E-state index is 14.4. The van der Waals surface area contributed by atoms with Gasteiger partial charge in [0.1, 0.15) is 29.5 Å². The molecule has 0 bridgehead atoms. The minimum absolute atomic E-state index is 0.0249. The fraction of sp³-hybridized carbons (Fsp3) is 0.583. The van der Waals surface area contributed by atoms with Gasteiger partial charge in [0.05, 0.1) is 24.1 Å². The van der Waals surface area contributed by atoms with Crippen LogP contribution in [0.15, 0.2) is 42.6 Å². The number of hydrogen-bond acceptors (Lipinski definition) is 9. The van der Waals surface area contributed by atoms with Crippen LogP contribution in [0.1, 0.15) is 71.6 Å². The first-order chi connectivity index (χ1) is 24.3. The Morgan fingerprint density at radius 2 is 1.76 bits per heavy atom. The van der Waals surface area contributed by atoms with Gasteiger partial charge < -0.3 is 30.1 Å². The van der Waals surface area contributed by atoms with E-state index in [2.05, 4.69) is 20.3 Å². The fourth-order valence-electron chi connectivity index (χ4n) is 7.48. The average molecular weight is 724 g/mol. The monoisotopic (exact) mass is 723 g/mol. The van der Waals surface area contributed by atoms with E-state index in [-0.39, 0.29) is 31.4 Å². The first kappa shape index (κ1) is 35.0. The minimum atomic E-state index is -3.90. The van der Waals surface area contributed by atoms with Crippen molar-refractivity contribution in [2.24, 2.45) is 17.8 Å². The van der Waals surface area contributed by atoms with E-state index >= 15 is 0 Å². The Balaban J connectivity index is 1.20. The van der Waals surface area contributed by atoms with Gasteiger partial charge in [0.2, 0.25) is 27.7 Å². The van der Waals surface area contributed by atoms with Crippen LogP contribution in [-0.4, -0.2) is 88.8 Å². The van der Waals surface area contributed by atoms with Crippen molar-refractivity contribution in [1.82, 2.24) is 25.2 Å². The highest BCUT2D eigenvalue weighted by atomic mass is 32.2. The highest BCUT2D eigenvalue weighted by molar-refractivity contribution is 7.91. The summed E-state index contributed by atoms with van der Waals surface area (Å²) in [7, 11) is -3.90. The smallest absolute Gasteiger partial charge is 0.405 e. The molecule has 3 saturated carbocycles. The van der Waals surface area contributed by atoms with Crippen LogP contribution in [0.4, 0.5) is 4.79 Å². The van der Waals surface area contributed by atoms with E-state index in [9.17, 15) is 32.7 Å². The summed E-state index contributed by atoms with van der Waals surface area (Å²) in [6, 6.07) is 5.22. The van der Waals surface area contributed by atoms with E-state index < -0.39 is 74.7 Å². The van der Waals surface area contributed by atoms with Crippen molar-refractivity contribution in [3.8, 4) is 11.6 Å². The number of carbonyl (C=O) groups is 4. The predicted molar refractivity (Wildman–Crippen MR) is 185 cm³/mol. The number of nitrogens with one attached hydrogen (secondary N) is 3. The van der Waals surface area contributed by atoms with Crippen molar-refractivity contribution in [3.63, 3.8) is 0 Å². The van der Waals surface area contributed by atoms with Gasteiger partial charge >= 0.3 is 6.09 Å². The second-order valence-corrected chi connectivity index (χ2v) is 16.9. The molecule has 3 aliphatic carbocycles. The van der Waals surface area contributed by atoms with Crippen LogP contribution in [0.25, 0.3) is 10.8 Å². The molecule has 0 unspecified atom stereocenters. The van der Waals surface area contributed by atoms with Crippen LogP contribution in [0.5, 0.6) is 11.6 Å². The molecule has 3 heterocycles. The summed E-state index contributed by atoms with van der Waals surface area (Å²) in [5.74, 6) is -1.81. The van der Waals surface area contributed by atoms with Crippen molar-refractivity contribution in [1.29, 1.82) is 0 Å². The summed E-state index contributed by atoms with van der Waals surface area (Å²) in [6.07, 6.45) is 8.54. The van der Waals surface area contributed by atoms with Crippen LogP contribution >= 0.6 is 0 Å². The molecule has 1 aromatic heterocycles. The molecule has 0 radical (unpaired) electrons. The third-order valence-electron chi connectivity index (χ3n) is 10.7. The van der Waals surface area contributed by atoms with E-state index in [4.69, 9.17) is 9.47 Å². The number of sulfonamides is 1. The van der Waals surface area contributed by atoms with Crippen molar-refractivity contribution in [2.75, 3.05) is 6.54 Å². The number of hydrogen-bond donors (Lipinski definition) is 4. The molecule has 4 N–H and O–H groups in total. The molecule has 2 aliphatic heterocycles. The summed E-state index contributed by atoms with van der Waals surface area (Å²) >= 11 is 0. The minimum Gasteiger partial charge on any atom is -0.488 e. The molecule has 1 aromatic carbocycles. The number of pyridine rings is 1. The van der Waals surface area contributed by atoms with Gasteiger partial charge in [-0.25, -0.2) is 18.2 Å². The van der Waals surface area contributed by atoms with Crippen molar-refractivity contribution in [2.45, 2.75) is 107 Å². The molecule has 1 saturated heterocycles. The van der Waals surface area contributed by atoms with Gasteiger partial charge in [-0.15, -0.1) is 0 Å².